The number of nitrogens with zero attached hydrogens (tertiary/aromatic N) is 1. The van der Waals surface area contributed by atoms with E-state index in [1.54, 1.807) is 13.8 Å². The van der Waals surface area contributed by atoms with Crippen LogP contribution in [0.4, 0.5) is 5.69 Å². The zero-order valence-electron chi connectivity index (χ0n) is 20.8. The molecule has 0 radical (unpaired) electrons. The molecule has 0 fully saturated rings. The Labute approximate surface area is 196 Å². The summed E-state index contributed by atoms with van der Waals surface area (Å²) in [4.78, 5) is 17.6. The number of amides is 1. The highest BCUT2D eigenvalue weighted by Gasteiger charge is 2.39. The van der Waals surface area contributed by atoms with Crippen molar-refractivity contribution in [1.82, 2.24) is 0 Å². The van der Waals surface area contributed by atoms with Crippen LogP contribution in [0.5, 0.6) is 11.5 Å². The molecule has 0 unspecified atom stereocenters. The van der Waals surface area contributed by atoms with Gasteiger partial charge in [-0.25, -0.2) is 0 Å². The van der Waals surface area contributed by atoms with Gasteiger partial charge in [-0.1, -0.05) is 12.1 Å². The van der Waals surface area contributed by atoms with Crippen LogP contribution >= 0.6 is 0 Å². The smallest absolute Gasteiger partial charge is 0.243 e. The number of benzene rings is 2. The topological polar surface area (TPSA) is 85.9 Å². The summed E-state index contributed by atoms with van der Waals surface area (Å²) in [7, 11) is 0. The monoisotopic (exact) mass is 449 g/mol. The third-order valence-electron chi connectivity index (χ3n) is 5.96. The molecule has 4 rings (SSSR count). The van der Waals surface area contributed by atoms with Crippen molar-refractivity contribution in [2.75, 3.05) is 11.9 Å². The van der Waals surface area contributed by atoms with Gasteiger partial charge in [0.15, 0.2) is 11.5 Å². The Kier molecular flexibility index (Phi) is 5.56. The molecule has 6 nitrogen and oxygen atoms in total. The molecule has 176 valence electrons. The molecule has 2 heterocycles. The average molecular weight is 450 g/mol. The number of aliphatic imine (C=N–C) groups is 1. The molecule has 1 amide bonds. The van der Waals surface area contributed by atoms with Crippen LogP contribution in [-0.2, 0) is 17.6 Å². The van der Waals surface area contributed by atoms with Crippen LogP contribution in [0.2, 0.25) is 0 Å². The van der Waals surface area contributed by atoms with E-state index in [0.29, 0.717) is 12.3 Å². The Morgan fingerprint density at radius 1 is 1.21 bits per heavy atom. The molecular formula is C27H35N3O3. The third-order valence-corrected chi connectivity index (χ3v) is 5.96. The second kappa shape index (κ2) is 7.87. The maximum absolute atomic E-state index is 12.5. The minimum atomic E-state index is -0.966. The lowest BCUT2D eigenvalue weighted by atomic mass is 9.81. The van der Waals surface area contributed by atoms with Gasteiger partial charge < -0.3 is 20.5 Å². The number of nitrogens with two attached hydrogens (primary N) is 1. The van der Waals surface area contributed by atoms with Gasteiger partial charge in [-0.15, -0.1) is 0 Å². The highest BCUT2D eigenvalue weighted by atomic mass is 16.5. The van der Waals surface area contributed by atoms with Crippen LogP contribution in [0.15, 0.2) is 35.3 Å². The number of anilines is 1. The fourth-order valence-corrected chi connectivity index (χ4v) is 4.58. The second-order valence-corrected chi connectivity index (χ2v) is 10.9. The largest absolute Gasteiger partial charge is 0.490 e. The summed E-state index contributed by atoms with van der Waals surface area (Å²) in [6, 6.07) is 9.94. The SMILES string of the molecule is CCOc1cc2c(c3c1OC(C)(C)C3)C(c1cccc(NC(=O)C(C)(C)N)c1)=NC(C)(C)C2. The van der Waals surface area contributed by atoms with Gasteiger partial charge in [0.05, 0.1) is 23.4 Å². The molecule has 3 N–H and O–H groups in total. The van der Waals surface area contributed by atoms with Gasteiger partial charge in [0.1, 0.15) is 5.60 Å². The van der Waals surface area contributed by atoms with Crippen molar-refractivity contribution in [3.8, 4) is 11.5 Å². The third kappa shape index (κ3) is 4.62. The van der Waals surface area contributed by atoms with Gasteiger partial charge in [-0.05, 0) is 78.6 Å². The Bertz CT molecular complexity index is 1140. The van der Waals surface area contributed by atoms with Crippen molar-refractivity contribution in [3.05, 3.63) is 52.6 Å². The molecule has 0 aromatic heterocycles. The first-order valence-corrected chi connectivity index (χ1v) is 11.6. The Balaban J connectivity index is 1.85. The van der Waals surface area contributed by atoms with E-state index in [4.69, 9.17) is 20.2 Å². The van der Waals surface area contributed by atoms with Crippen LogP contribution in [0.1, 0.15) is 70.7 Å². The number of carbonyl (C=O) groups is 1. The summed E-state index contributed by atoms with van der Waals surface area (Å²) in [6.07, 6.45) is 1.60. The summed E-state index contributed by atoms with van der Waals surface area (Å²) in [5.74, 6) is 1.39. The number of rotatable bonds is 5. The molecule has 0 bridgehead atoms. The molecule has 2 aromatic rings. The maximum atomic E-state index is 12.5. The first-order chi connectivity index (χ1) is 15.3. The number of fused-ring (bicyclic) bond motifs is 3. The van der Waals surface area contributed by atoms with E-state index in [0.717, 1.165) is 46.7 Å². The number of hydrogen-bond donors (Lipinski definition) is 2. The van der Waals surface area contributed by atoms with Gasteiger partial charge in [0.25, 0.3) is 0 Å². The van der Waals surface area contributed by atoms with Crippen molar-refractivity contribution in [2.45, 2.75) is 78.0 Å². The van der Waals surface area contributed by atoms with Crippen molar-refractivity contribution in [1.29, 1.82) is 0 Å². The van der Waals surface area contributed by atoms with Crippen LogP contribution in [0, 0.1) is 0 Å². The minimum absolute atomic E-state index is 0.233. The molecule has 0 atom stereocenters. The van der Waals surface area contributed by atoms with Crippen LogP contribution in [-0.4, -0.2) is 34.9 Å². The molecule has 2 aromatic carbocycles. The molecule has 0 aliphatic carbocycles. The Morgan fingerprint density at radius 3 is 2.61 bits per heavy atom. The van der Waals surface area contributed by atoms with Crippen molar-refractivity contribution in [2.24, 2.45) is 10.7 Å². The molecular weight excluding hydrogens is 414 g/mol. The summed E-state index contributed by atoms with van der Waals surface area (Å²) in [5, 5.41) is 2.93. The number of nitrogens with one attached hydrogen (secondary N) is 1. The number of ether oxygens (including phenoxy) is 2. The second-order valence-electron chi connectivity index (χ2n) is 10.9. The predicted octanol–water partition coefficient (Wildman–Crippen LogP) is 4.65. The zero-order chi connectivity index (χ0) is 24.2. The number of hydrogen-bond acceptors (Lipinski definition) is 5. The first-order valence-electron chi connectivity index (χ1n) is 11.6. The van der Waals surface area contributed by atoms with Crippen LogP contribution in [0.3, 0.4) is 0 Å². The quantitative estimate of drug-likeness (QED) is 0.696. The van der Waals surface area contributed by atoms with Gasteiger partial charge in [0, 0.05) is 28.8 Å². The Morgan fingerprint density at radius 2 is 1.94 bits per heavy atom. The van der Waals surface area contributed by atoms with E-state index in [9.17, 15) is 4.79 Å². The molecule has 33 heavy (non-hydrogen) atoms. The summed E-state index contributed by atoms with van der Waals surface area (Å²) >= 11 is 0. The van der Waals surface area contributed by atoms with Crippen LogP contribution < -0.4 is 20.5 Å². The summed E-state index contributed by atoms with van der Waals surface area (Å²) in [6.45, 7) is 14.4. The molecule has 0 saturated carbocycles. The highest BCUT2D eigenvalue weighted by molar-refractivity contribution is 6.16. The van der Waals surface area contributed by atoms with E-state index in [1.807, 2.05) is 31.2 Å². The van der Waals surface area contributed by atoms with Crippen molar-refractivity contribution >= 4 is 17.3 Å². The Hall–Kier alpha value is -2.86. The van der Waals surface area contributed by atoms with Crippen molar-refractivity contribution in [3.63, 3.8) is 0 Å². The first kappa shape index (κ1) is 23.3. The highest BCUT2D eigenvalue weighted by Crippen LogP contribution is 2.48. The molecule has 2 aliphatic rings. The van der Waals surface area contributed by atoms with E-state index in [1.165, 1.54) is 5.56 Å². The van der Waals surface area contributed by atoms with Gasteiger partial charge in [-0.2, -0.15) is 0 Å². The number of carbonyl (C=O) groups excluding carboxylic acids is 1. The fraction of sp³-hybridized carbons (Fsp3) is 0.481. The maximum Gasteiger partial charge on any atom is 0.243 e. The average Bonchev–Trinajstić information content (AvgIpc) is 3.01. The molecule has 6 heteroatoms. The zero-order valence-corrected chi connectivity index (χ0v) is 20.8. The van der Waals surface area contributed by atoms with Gasteiger partial charge >= 0.3 is 0 Å². The molecule has 0 saturated heterocycles. The fourth-order valence-electron chi connectivity index (χ4n) is 4.58. The van der Waals surface area contributed by atoms with Gasteiger partial charge in [-0.3, -0.25) is 9.79 Å². The van der Waals surface area contributed by atoms with E-state index < -0.39 is 5.54 Å². The lowest BCUT2D eigenvalue weighted by molar-refractivity contribution is -0.120. The normalized spacial score (nSPS) is 18.0. The van der Waals surface area contributed by atoms with E-state index in [-0.39, 0.29) is 17.0 Å². The lowest BCUT2D eigenvalue weighted by Gasteiger charge is -2.31. The molecule has 2 aliphatic heterocycles. The van der Waals surface area contributed by atoms with Crippen LogP contribution in [0.25, 0.3) is 0 Å². The molecule has 0 spiro atoms. The van der Waals surface area contributed by atoms with Crippen molar-refractivity contribution < 1.29 is 14.3 Å². The minimum Gasteiger partial charge on any atom is -0.490 e. The summed E-state index contributed by atoms with van der Waals surface area (Å²) < 4.78 is 12.3. The van der Waals surface area contributed by atoms with E-state index >= 15 is 0 Å². The van der Waals surface area contributed by atoms with E-state index in [2.05, 4.69) is 39.1 Å². The predicted molar refractivity (Wildman–Crippen MR) is 133 cm³/mol. The lowest BCUT2D eigenvalue weighted by Crippen LogP contribution is -2.45. The summed E-state index contributed by atoms with van der Waals surface area (Å²) in [5.41, 5.74) is 10.5. The van der Waals surface area contributed by atoms with Gasteiger partial charge in [0.2, 0.25) is 5.91 Å². The standard InChI is InChI=1S/C27H35N3O3/c1-8-32-20-13-17-14-25(2,3)30-22(21(17)19-15-26(4,5)33-23(19)20)16-10-9-11-18(12-16)29-24(31)27(6,7)28/h9-13H,8,14-15,28H2,1-7H3,(H,29,31).